The van der Waals surface area contributed by atoms with Crippen molar-refractivity contribution >= 4 is 23.2 Å². The third-order valence-corrected chi connectivity index (χ3v) is 6.22. The second kappa shape index (κ2) is 9.50. The lowest BCUT2D eigenvalue weighted by atomic mass is 10.2. The molecule has 27 heavy (non-hydrogen) atoms. The number of hydrogen-bond donors (Lipinski definition) is 1. The van der Waals surface area contributed by atoms with Crippen LogP contribution in [0.4, 0.5) is 0 Å². The third kappa shape index (κ3) is 5.19. The molecule has 0 radical (unpaired) electrons. The van der Waals surface area contributed by atoms with Crippen LogP contribution in [0.2, 0.25) is 0 Å². The first kappa shape index (κ1) is 20.1. The molecular weight excluding hydrogens is 360 g/mol. The van der Waals surface area contributed by atoms with Crippen molar-refractivity contribution in [2.45, 2.75) is 46.2 Å². The van der Waals surface area contributed by atoms with Crippen LogP contribution in [-0.4, -0.2) is 83.4 Å². The number of aromatic nitrogens is 1. The highest BCUT2D eigenvalue weighted by atomic mass is 32.1. The highest BCUT2D eigenvalue weighted by Gasteiger charge is 2.30. The van der Waals surface area contributed by atoms with E-state index in [1.54, 1.807) is 11.3 Å². The molecule has 1 atom stereocenters. The van der Waals surface area contributed by atoms with E-state index < -0.39 is 0 Å². The van der Waals surface area contributed by atoms with Crippen LogP contribution in [-0.2, 0) is 11.3 Å². The fourth-order valence-corrected chi connectivity index (χ4v) is 4.46. The zero-order chi connectivity index (χ0) is 19.2. The van der Waals surface area contributed by atoms with E-state index in [9.17, 15) is 4.79 Å². The van der Waals surface area contributed by atoms with Gasteiger partial charge in [0.25, 0.3) is 0 Å². The van der Waals surface area contributed by atoms with Gasteiger partial charge in [0.15, 0.2) is 5.96 Å². The highest BCUT2D eigenvalue weighted by Crippen LogP contribution is 2.15. The molecule has 1 N–H and O–H groups in total. The number of thiazole rings is 1. The van der Waals surface area contributed by atoms with Gasteiger partial charge >= 0.3 is 0 Å². The molecule has 2 aliphatic heterocycles. The number of rotatable bonds is 5. The van der Waals surface area contributed by atoms with Crippen LogP contribution in [0.5, 0.6) is 0 Å². The Kier molecular flexibility index (Phi) is 7.07. The van der Waals surface area contributed by atoms with Gasteiger partial charge in [0.2, 0.25) is 5.91 Å². The van der Waals surface area contributed by atoms with Gasteiger partial charge in [-0.3, -0.25) is 9.69 Å². The zero-order valence-corrected chi connectivity index (χ0v) is 17.6. The summed E-state index contributed by atoms with van der Waals surface area (Å²) in [6.45, 7) is 13.1. The number of carbonyl (C=O) groups excluding carboxylic acids is 1. The number of nitrogens with zero attached hydrogens (tertiary/aromatic N) is 5. The van der Waals surface area contributed by atoms with Crippen molar-refractivity contribution in [3.8, 4) is 0 Å². The summed E-state index contributed by atoms with van der Waals surface area (Å²) in [6, 6.07) is -0.0232. The van der Waals surface area contributed by atoms with Crippen LogP contribution < -0.4 is 5.32 Å². The van der Waals surface area contributed by atoms with E-state index in [4.69, 9.17) is 4.99 Å². The average Bonchev–Trinajstić information content (AvgIpc) is 3.36. The van der Waals surface area contributed by atoms with Gasteiger partial charge in [-0.2, -0.15) is 0 Å². The van der Waals surface area contributed by atoms with Crippen molar-refractivity contribution in [3.05, 3.63) is 16.1 Å². The molecule has 7 nitrogen and oxygen atoms in total. The molecule has 0 aromatic carbocycles. The van der Waals surface area contributed by atoms with Gasteiger partial charge in [-0.25, -0.2) is 9.98 Å². The molecule has 3 heterocycles. The van der Waals surface area contributed by atoms with Crippen molar-refractivity contribution in [1.82, 2.24) is 25.0 Å². The molecule has 2 aliphatic rings. The molecule has 0 saturated carbocycles. The minimum Gasteiger partial charge on any atom is -0.357 e. The Hall–Kier alpha value is -1.67. The fourth-order valence-electron chi connectivity index (χ4n) is 3.74. The lowest BCUT2D eigenvalue weighted by Gasteiger charge is -2.39. The average molecular weight is 393 g/mol. The summed E-state index contributed by atoms with van der Waals surface area (Å²) >= 11 is 1.70. The monoisotopic (exact) mass is 392 g/mol. The summed E-state index contributed by atoms with van der Waals surface area (Å²) in [5.41, 5.74) is 0. The number of carbonyl (C=O) groups is 1. The van der Waals surface area contributed by atoms with E-state index in [2.05, 4.69) is 33.9 Å². The second-order valence-corrected chi connectivity index (χ2v) is 8.57. The summed E-state index contributed by atoms with van der Waals surface area (Å²) in [5.74, 6) is 1.25. The summed E-state index contributed by atoms with van der Waals surface area (Å²) in [7, 11) is 0. The number of aliphatic imine (C=N–C) groups is 1. The molecule has 0 bridgehead atoms. The normalized spacial score (nSPS) is 20.2. The molecule has 0 aliphatic carbocycles. The minimum atomic E-state index is -0.0232. The minimum absolute atomic E-state index is 0.0232. The Bertz CT molecular complexity index is 646. The molecule has 2 saturated heterocycles. The summed E-state index contributed by atoms with van der Waals surface area (Å²) < 4.78 is 0. The van der Waals surface area contributed by atoms with Gasteiger partial charge < -0.3 is 15.1 Å². The van der Waals surface area contributed by atoms with Gasteiger partial charge in [-0.05, 0) is 33.6 Å². The molecular formula is C19H32N6OS. The van der Waals surface area contributed by atoms with Gasteiger partial charge in [-0.1, -0.05) is 0 Å². The molecule has 1 aromatic heterocycles. The molecule has 1 aromatic rings. The first-order chi connectivity index (χ1) is 13.1. The van der Waals surface area contributed by atoms with Crippen LogP contribution in [0.3, 0.4) is 0 Å². The van der Waals surface area contributed by atoms with Crippen molar-refractivity contribution in [1.29, 1.82) is 0 Å². The number of likely N-dealkylation sites (tertiary alicyclic amines) is 1. The van der Waals surface area contributed by atoms with E-state index in [0.29, 0.717) is 12.5 Å². The molecule has 0 spiro atoms. The van der Waals surface area contributed by atoms with E-state index in [-0.39, 0.29) is 6.04 Å². The number of aryl methyl sites for hydroxylation is 1. The van der Waals surface area contributed by atoms with Gasteiger partial charge in [0.1, 0.15) is 0 Å². The van der Waals surface area contributed by atoms with Crippen LogP contribution in [0.15, 0.2) is 11.2 Å². The number of nitrogens with one attached hydrogen (secondary N) is 1. The first-order valence-electron chi connectivity index (χ1n) is 10.1. The van der Waals surface area contributed by atoms with Crippen molar-refractivity contribution in [3.63, 3.8) is 0 Å². The lowest BCUT2D eigenvalue weighted by Crippen LogP contribution is -2.57. The van der Waals surface area contributed by atoms with E-state index in [0.717, 1.165) is 69.6 Å². The summed E-state index contributed by atoms with van der Waals surface area (Å²) in [5, 5.41) is 4.49. The largest absolute Gasteiger partial charge is 0.357 e. The number of amides is 1. The Labute approximate surface area is 166 Å². The molecule has 150 valence electrons. The van der Waals surface area contributed by atoms with Crippen molar-refractivity contribution in [2.24, 2.45) is 4.99 Å². The molecule has 3 rings (SSSR count). The Morgan fingerprint density at radius 3 is 2.52 bits per heavy atom. The van der Waals surface area contributed by atoms with Crippen molar-refractivity contribution in [2.75, 3.05) is 45.8 Å². The number of piperazine rings is 1. The SMILES string of the molecule is CCNC(=NCc1cnc(C)s1)N1CCN(C(C)C(=O)N2CCCC2)CC1. The Morgan fingerprint density at radius 2 is 1.93 bits per heavy atom. The topological polar surface area (TPSA) is 64.1 Å². The molecule has 2 fully saturated rings. The van der Waals surface area contributed by atoms with Crippen LogP contribution in [0.1, 0.15) is 36.6 Å². The number of guanidine groups is 1. The Morgan fingerprint density at radius 1 is 1.22 bits per heavy atom. The predicted octanol–water partition coefficient (Wildman–Crippen LogP) is 1.55. The quantitative estimate of drug-likeness (QED) is 0.608. The van der Waals surface area contributed by atoms with Gasteiger partial charge in [-0.15, -0.1) is 11.3 Å². The molecule has 8 heteroatoms. The van der Waals surface area contributed by atoms with Crippen LogP contribution >= 0.6 is 11.3 Å². The standard InChI is InChI=1S/C19H32N6OS/c1-4-20-19(22-14-17-13-21-16(3)27-17)25-11-9-23(10-12-25)15(2)18(26)24-7-5-6-8-24/h13,15H,4-12,14H2,1-3H3,(H,20,22). The maximum absolute atomic E-state index is 12.7. The van der Waals surface area contributed by atoms with Gasteiger partial charge in [0.05, 0.1) is 17.6 Å². The fraction of sp³-hybridized carbons (Fsp3) is 0.737. The van der Waals surface area contributed by atoms with E-state index in [1.807, 2.05) is 18.0 Å². The van der Waals surface area contributed by atoms with Crippen LogP contribution in [0, 0.1) is 6.92 Å². The maximum Gasteiger partial charge on any atom is 0.239 e. The molecule has 1 amide bonds. The zero-order valence-electron chi connectivity index (χ0n) is 16.8. The van der Waals surface area contributed by atoms with Crippen molar-refractivity contribution < 1.29 is 4.79 Å². The Balaban J connectivity index is 1.54. The second-order valence-electron chi connectivity index (χ2n) is 7.25. The highest BCUT2D eigenvalue weighted by molar-refractivity contribution is 7.11. The van der Waals surface area contributed by atoms with E-state index >= 15 is 0 Å². The lowest BCUT2D eigenvalue weighted by molar-refractivity contribution is -0.135. The summed E-state index contributed by atoms with van der Waals surface area (Å²) in [6.07, 6.45) is 4.21. The first-order valence-corrected chi connectivity index (χ1v) is 10.9. The maximum atomic E-state index is 12.7. The summed E-state index contributed by atoms with van der Waals surface area (Å²) in [4.78, 5) is 29.6. The molecule has 1 unspecified atom stereocenters. The number of hydrogen-bond acceptors (Lipinski definition) is 5. The van der Waals surface area contributed by atoms with Gasteiger partial charge in [0, 0.05) is 56.9 Å². The van der Waals surface area contributed by atoms with E-state index in [1.165, 1.54) is 4.88 Å². The predicted molar refractivity (Wildman–Crippen MR) is 110 cm³/mol. The smallest absolute Gasteiger partial charge is 0.239 e. The third-order valence-electron chi connectivity index (χ3n) is 5.33. The van der Waals surface area contributed by atoms with Crippen LogP contribution in [0.25, 0.3) is 0 Å².